The highest BCUT2D eigenvalue weighted by molar-refractivity contribution is 6.43. The molecule has 15 heavy (non-hydrogen) atoms. The van der Waals surface area contributed by atoms with E-state index in [1.807, 2.05) is 0 Å². The molecule has 84 valence electrons. The van der Waals surface area contributed by atoms with Crippen molar-refractivity contribution in [2.45, 2.75) is 12.5 Å². The molecule has 0 heterocycles. The summed E-state index contributed by atoms with van der Waals surface area (Å²) in [6, 6.07) is 3.20. The van der Waals surface area contributed by atoms with Crippen LogP contribution in [-0.4, -0.2) is 24.9 Å². The molecule has 1 aromatic rings. The maximum atomic E-state index is 8.83. The van der Waals surface area contributed by atoms with Gasteiger partial charge in [-0.15, -0.1) is 0 Å². The van der Waals surface area contributed by atoms with Crippen molar-refractivity contribution in [1.29, 1.82) is 0 Å². The first-order valence-corrected chi connectivity index (χ1v) is 5.23. The normalized spacial score (nSPS) is 12.6. The third-order valence-corrected chi connectivity index (χ3v) is 2.97. The molecule has 0 saturated heterocycles. The molecule has 1 rings (SSSR count). The van der Waals surface area contributed by atoms with Crippen molar-refractivity contribution in [3.8, 4) is 5.75 Å². The van der Waals surface area contributed by atoms with E-state index < -0.39 is 0 Å². The average Bonchev–Trinajstić information content (AvgIpc) is 2.25. The van der Waals surface area contributed by atoms with Gasteiger partial charge in [0.25, 0.3) is 0 Å². The second kappa shape index (κ2) is 5.56. The van der Waals surface area contributed by atoms with E-state index in [0.717, 1.165) is 5.56 Å². The molecule has 1 aromatic carbocycles. The Hall–Kier alpha value is -0.480. The summed E-state index contributed by atoms with van der Waals surface area (Å²) >= 11 is 12.0. The smallest absolute Gasteiger partial charge is 0.138 e. The fraction of sp³-hybridized carbons (Fsp3) is 0.400. The molecule has 0 amide bonds. The van der Waals surface area contributed by atoms with Gasteiger partial charge in [0.1, 0.15) is 10.8 Å². The number of methoxy groups -OCH3 is 1. The second-order valence-corrected chi connectivity index (χ2v) is 3.96. The number of aliphatic hydroxyl groups is 1. The highest BCUT2D eigenvalue weighted by Gasteiger charge is 2.12. The molecule has 1 unspecified atom stereocenters. The summed E-state index contributed by atoms with van der Waals surface area (Å²) in [5.41, 5.74) is 6.42. The van der Waals surface area contributed by atoms with Crippen molar-refractivity contribution in [2.24, 2.45) is 5.73 Å². The van der Waals surface area contributed by atoms with Crippen LogP contribution in [0.15, 0.2) is 12.1 Å². The first-order valence-electron chi connectivity index (χ1n) is 4.47. The molecule has 0 bridgehead atoms. The van der Waals surface area contributed by atoms with Gasteiger partial charge in [-0.1, -0.05) is 29.3 Å². The molecule has 0 aliphatic rings. The van der Waals surface area contributed by atoms with Gasteiger partial charge >= 0.3 is 0 Å². The van der Waals surface area contributed by atoms with Crippen LogP contribution in [0.4, 0.5) is 0 Å². The van der Waals surface area contributed by atoms with Crippen molar-refractivity contribution in [3.63, 3.8) is 0 Å². The summed E-state index contributed by atoms with van der Waals surface area (Å²) in [6.45, 7) is -0.0834. The highest BCUT2D eigenvalue weighted by Crippen LogP contribution is 2.34. The Morgan fingerprint density at radius 3 is 2.60 bits per heavy atom. The average molecular weight is 250 g/mol. The van der Waals surface area contributed by atoms with E-state index in [0.29, 0.717) is 22.2 Å². The third kappa shape index (κ3) is 2.98. The Morgan fingerprint density at radius 2 is 2.07 bits per heavy atom. The highest BCUT2D eigenvalue weighted by atomic mass is 35.5. The zero-order chi connectivity index (χ0) is 11.4. The number of hydrogen-bond acceptors (Lipinski definition) is 3. The Balaban J connectivity index is 2.96. The van der Waals surface area contributed by atoms with Crippen LogP contribution in [0, 0.1) is 0 Å². The van der Waals surface area contributed by atoms with E-state index in [9.17, 15) is 0 Å². The molecule has 0 aliphatic heterocycles. The minimum absolute atomic E-state index is 0.0834. The van der Waals surface area contributed by atoms with Gasteiger partial charge in [0.2, 0.25) is 0 Å². The van der Waals surface area contributed by atoms with Gasteiger partial charge < -0.3 is 15.6 Å². The SMILES string of the molecule is COc1ccc(CC(N)CO)c(Cl)c1Cl. The fourth-order valence-corrected chi connectivity index (χ4v) is 1.73. The summed E-state index contributed by atoms with van der Waals surface area (Å²) in [6.07, 6.45) is 0.485. The lowest BCUT2D eigenvalue weighted by Crippen LogP contribution is -2.26. The lowest BCUT2D eigenvalue weighted by molar-refractivity contribution is 0.265. The first-order chi connectivity index (χ1) is 7.10. The van der Waals surface area contributed by atoms with Crippen molar-refractivity contribution in [2.75, 3.05) is 13.7 Å². The molecule has 0 saturated carbocycles. The minimum Gasteiger partial charge on any atom is -0.495 e. The predicted octanol–water partition coefficient (Wildman–Crippen LogP) is 1.86. The summed E-state index contributed by atoms with van der Waals surface area (Å²) in [5.74, 6) is 0.531. The van der Waals surface area contributed by atoms with E-state index in [2.05, 4.69) is 0 Å². The number of rotatable bonds is 4. The summed E-state index contributed by atoms with van der Waals surface area (Å²) in [5, 5.41) is 9.64. The van der Waals surface area contributed by atoms with Gasteiger partial charge in [-0.25, -0.2) is 0 Å². The summed E-state index contributed by atoms with van der Waals surface area (Å²) in [4.78, 5) is 0. The monoisotopic (exact) mass is 249 g/mol. The zero-order valence-electron chi connectivity index (χ0n) is 8.34. The van der Waals surface area contributed by atoms with Crippen molar-refractivity contribution < 1.29 is 9.84 Å². The van der Waals surface area contributed by atoms with Crippen LogP contribution < -0.4 is 10.5 Å². The lowest BCUT2D eigenvalue weighted by atomic mass is 10.1. The van der Waals surface area contributed by atoms with Crippen LogP contribution in [0.5, 0.6) is 5.75 Å². The number of halogens is 2. The van der Waals surface area contributed by atoms with Gasteiger partial charge in [-0.05, 0) is 18.1 Å². The fourth-order valence-electron chi connectivity index (χ4n) is 1.23. The number of nitrogens with two attached hydrogens (primary N) is 1. The largest absolute Gasteiger partial charge is 0.495 e. The quantitative estimate of drug-likeness (QED) is 0.857. The molecule has 0 fully saturated rings. The maximum absolute atomic E-state index is 8.83. The van der Waals surface area contributed by atoms with Crippen LogP contribution in [-0.2, 0) is 6.42 Å². The molecule has 0 spiro atoms. The molecule has 5 heteroatoms. The first kappa shape index (κ1) is 12.6. The van der Waals surface area contributed by atoms with E-state index in [1.165, 1.54) is 7.11 Å². The van der Waals surface area contributed by atoms with Gasteiger partial charge in [0.05, 0.1) is 18.7 Å². The molecule has 0 aromatic heterocycles. The Bertz CT molecular complexity index is 344. The molecular weight excluding hydrogens is 237 g/mol. The van der Waals surface area contributed by atoms with Gasteiger partial charge in [0, 0.05) is 6.04 Å². The van der Waals surface area contributed by atoms with Crippen molar-refractivity contribution >= 4 is 23.2 Å². The maximum Gasteiger partial charge on any atom is 0.138 e. The number of ether oxygens (including phenoxy) is 1. The van der Waals surface area contributed by atoms with Gasteiger partial charge in [-0.3, -0.25) is 0 Å². The van der Waals surface area contributed by atoms with Gasteiger partial charge in [-0.2, -0.15) is 0 Å². The van der Waals surface area contributed by atoms with Crippen LogP contribution in [0.25, 0.3) is 0 Å². The van der Waals surface area contributed by atoms with Crippen LogP contribution in [0.1, 0.15) is 5.56 Å². The number of hydrogen-bond donors (Lipinski definition) is 2. The number of aliphatic hydroxyl groups excluding tert-OH is 1. The van der Waals surface area contributed by atoms with E-state index >= 15 is 0 Å². The van der Waals surface area contributed by atoms with E-state index in [1.54, 1.807) is 12.1 Å². The van der Waals surface area contributed by atoms with E-state index in [-0.39, 0.29) is 12.6 Å². The third-order valence-electron chi connectivity index (χ3n) is 2.06. The Labute approximate surface area is 98.7 Å². The Kier molecular flexibility index (Phi) is 4.67. The molecule has 3 N–H and O–H groups in total. The molecular formula is C10H13Cl2NO2. The zero-order valence-corrected chi connectivity index (χ0v) is 9.85. The molecule has 1 atom stereocenters. The lowest BCUT2D eigenvalue weighted by Gasteiger charge is -2.12. The molecule has 0 radical (unpaired) electrons. The van der Waals surface area contributed by atoms with Crippen LogP contribution in [0.3, 0.4) is 0 Å². The second-order valence-electron chi connectivity index (χ2n) is 3.20. The molecule has 3 nitrogen and oxygen atoms in total. The predicted molar refractivity (Wildman–Crippen MR) is 61.8 cm³/mol. The summed E-state index contributed by atoms with van der Waals surface area (Å²) in [7, 11) is 1.52. The van der Waals surface area contributed by atoms with Crippen molar-refractivity contribution in [1.82, 2.24) is 0 Å². The van der Waals surface area contributed by atoms with Crippen LogP contribution in [0.2, 0.25) is 10.0 Å². The molecule has 0 aliphatic carbocycles. The topological polar surface area (TPSA) is 55.5 Å². The van der Waals surface area contributed by atoms with Crippen LogP contribution >= 0.6 is 23.2 Å². The standard InChI is InChI=1S/C10H13Cl2NO2/c1-15-8-3-2-6(4-7(13)5-14)9(11)10(8)12/h2-3,7,14H,4-5,13H2,1H3. The van der Waals surface area contributed by atoms with E-state index in [4.69, 9.17) is 38.8 Å². The summed E-state index contributed by atoms with van der Waals surface area (Å²) < 4.78 is 5.02. The Morgan fingerprint density at radius 1 is 1.40 bits per heavy atom. The van der Waals surface area contributed by atoms with Crippen molar-refractivity contribution in [3.05, 3.63) is 27.7 Å². The number of benzene rings is 1. The minimum atomic E-state index is -0.327. The van der Waals surface area contributed by atoms with Gasteiger partial charge in [0.15, 0.2) is 0 Å².